The Hall–Kier alpha value is -2.88. The molecule has 1 aliphatic carbocycles. The summed E-state index contributed by atoms with van der Waals surface area (Å²) >= 11 is 0. The molecule has 4 heteroatoms. The first-order valence-corrected chi connectivity index (χ1v) is 11.3. The number of hydrogen-bond acceptors (Lipinski definition) is 4. The second-order valence-electron chi connectivity index (χ2n) is 9.86. The molecule has 1 aromatic heterocycles. The molecule has 0 radical (unpaired) electrons. The van der Waals surface area contributed by atoms with E-state index in [1.165, 1.54) is 36.0 Å². The fourth-order valence-electron chi connectivity index (χ4n) is 4.78. The minimum atomic E-state index is -0.0528. The van der Waals surface area contributed by atoms with E-state index in [1.807, 2.05) is 12.3 Å². The minimum absolute atomic E-state index is 0.0528. The Morgan fingerprint density at radius 1 is 0.935 bits per heavy atom. The number of rotatable bonds is 6. The van der Waals surface area contributed by atoms with Crippen LogP contribution in [-0.2, 0) is 12.0 Å². The molecule has 2 heterocycles. The van der Waals surface area contributed by atoms with Crippen molar-refractivity contribution < 1.29 is 4.74 Å². The molecule has 31 heavy (non-hydrogen) atoms. The topological polar surface area (TPSA) is 38.2 Å². The first-order chi connectivity index (χ1) is 14.9. The Bertz CT molecular complexity index is 1040. The molecule has 160 valence electrons. The van der Waals surface area contributed by atoms with Crippen molar-refractivity contribution in [1.29, 1.82) is 0 Å². The van der Waals surface area contributed by atoms with Gasteiger partial charge in [-0.05, 0) is 49.1 Å². The normalized spacial score (nSPS) is 17.2. The summed E-state index contributed by atoms with van der Waals surface area (Å²) in [6.07, 6.45) is 5.95. The number of anilines is 1. The summed E-state index contributed by atoms with van der Waals surface area (Å²) in [6.45, 7) is 9.32. The van der Waals surface area contributed by atoms with Crippen LogP contribution in [0.25, 0.3) is 0 Å². The van der Waals surface area contributed by atoms with Crippen molar-refractivity contribution in [3.63, 3.8) is 0 Å². The van der Waals surface area contributed by atoms with Crippen LogP contribution >= 0.6 is 0 Å². The molecule has 2 aromatic carbocycles. The van der Waals surface area contributed by atoms with Gasteiger partial charge in [-0.25, -0.2) is 9.97 Å². The highest BCUT2D eigenvalue weighted by Gasteiger charge is 2.48. The molecule has 1 aliphatic heterocycles. The monoisotopic (exact) mass is 413 g/mol. The zero-order chi connectivity index (χ0) is 21.5. The highest BCUT2D eigenvalue weighted by Crippen LogP contribution is 2.48. The lowest BCUT2D eigenvalue weighted by Gasteiger charge is -2.55. The predicted octanol–water partition coefficient (Wildman–Crippen LogP) is 5.68. The van der Waals surface area contributed by atoms with Crippen molar-refractivity contribution in [3.8, 4) is 5.75 Å². The van der Waals surface area contributed by atoms with Gasteiger partial charge in [-0.2, -0.15) is 0 Å². The largest absolute Gasteiger partial charge is 0.487 e. The fraction of sp³-hybridized carbons (Fsp3) is 0.407. The second-order valence-corrected chi connectivity index (χ2v) is 9.86. The Kier molecular flexibility index (Phi) is 4.96. The van der Waals surface area contributed by atoms with Gasteiger partial charge in [0.25, 0.3) is 0 Å². The molecule has 0 bridgehead atoms. The Morgan fingerprint density at radius 2 is 1.58 bits per heavy atom. The molecule has 2 aliphatic rings. The molecular weight excluding hydrogens is 382 g/mol. The molecule has 0 amide bonds. The van der Waals surface area contributed by atoms with Gasteiger partial charge in [0.2, 0.25) is 5.95 Å². The molecular formula is C27H31N3O. The van der Waals surface area contributed by atoms with Gasteiger partial charge in [0, 0.05) is 30.1 Å². The SMILES string of the molecule is Cc1ccc(C(C)(C)c2ccc(OCc3ccnc(N4CC5(CCC5)C4)n3)cc2)cc1. The van der Waals surface area contributed by atoms with E-state index in [9.17, 15) is 0 Å². The number of hydrogen-bond donors (Lipinski definition) is 0. The zero-order valence-electron chi connectivity index (χ0n) is 18.8. The summed E-state index contributed by atoms with van der Waals surface area (Å²) in [5.74, 6) is 1.70. The smallest absolute Gasteiger partial charge is 0.225 e. The van der Waals surface area contributed by atoms with Gasteiger partial charge in [0.1, 0.15) is 12.4 Å². The lowest BCUT2D eigenvalue weighted by Crippen LogP contribution is -2.60. The van der Waals surface area contributed by atoms with Gasteiger partial charge in [0.15, 0.2) is 0 Å². The van der Waals surface area contributed by atoms with Gasteiger partial charge in [0.05, 0.1) is 5.69 Å². The van der Waals surface area contributed by atoms with Crippen LogP contribution < -0.4 is 9.64 Å². The third-order valence-corrected chi connectivity index (χ3v) is 7.19. The molecule has 5 rings (SSSR count). The maximum absolute atomic E-state index is 6.03. The molecule has 0 atom stereocenters. The van der Waals surface area contributed by atoms with Gasteiger partial charge in [-0.15, -0.1) is 0 Å². The van der Waals surface area contributed by atoms with Gasteiger partial charge >= 0.3 is 0 Å². The average molecular weight is 414 g/mol. The maximum Gasteiger partial charge on any atom is 0.225 e. The predicted molar refractivity (Wildman–Crippen MR) is 125 cm³/mol. The van der Waals surface area contributed by atoms with Crippen molar-refractivity contribution in [2.75, 3.05) is 18.0 Å². The summed E-state index contributed by atoms with van der Waals surface area (Å²) in [6, 6.07) is 19.2. The van der Waals surface area contributed by atoms with Crippen molar-refractivity contribution in [3.05, 3.63) is 83.2 Å². The van der Waals surface area contributed by atoms with Crippen molar-refractivity contribution >= 4 is 5.95 Å². The molecule has 3 aromatic rings. The molecule has 4 nitrogen and oxygen atoms in total. The van der Waals surface area contributed by atoms with E-state index in [-0.39, 0.29) is 5.41 Å². The van der Waals surface area contributed by atoms with E-state index in [0.29, 0.717) is 12.0 Å². The summed E-state index contributed by atoms with van der Waals surface area (Å²) < 4.78 is 6.03. The Balaban J connectivity index is 1.21. The molecule has 1 saturated carbocycles. The summed E-state index contributed by atoms with van der Waals surface area (Å²) in [5.41, 5.74) is 5.31. The zero-order valence-corrected chi connectivity index (χ0v) is 18.8. The van der Waals surface area contributed by atoms with Crippen molar-refractivity contribution in [2.24, 2.45) is 5.41 Å². The van der Waals surface area contributed by atoms with Crippen LogP contribution in [0, 0.1) is 12.3 Å². The highest BCUT2D eigenvalue weighted by atomic mass is 16.5. The number of ether oxygens (including phenoxy) is 1. The van der Waals surface area contributed by atoms with Crippen LogP contribution in [0.5, 0.6) is 5.75 Å². The highest BCUT2D eigenvalue weighted by molar-refractivity contribution is 5.41. The molecule has 0 unspecified atom stereocenters. The number of nitrogens with zero attached hydrogens (tertiary/aromatic N) is 3. The molecule has 1 spiro atoms. The Labute approximate surface area is 185 Å². The second kappa shape index (κ2) is 7.67. The number of aryl methyl sites for hydroxylation is 1. The van der Waals surface area contributed by atoms with Crippen LogP contribution in [0.1, 0.15) is 55.5 Å². The van der Waals surface area contributed by atoms with E-state index in [1.54, 1.807) is 0 Å². The van der Waals surface area contributed by atoms with E-state index < -0.39 is 0 Å². The summed E-state index contributed by atoms with van der Waals surface area (Å²) in [4.78, 5) is 11.5. The third-order valence-electron chi connectivity index (χ3n) is 7.19. The summed E-state index contributed by atoms with van der Waals surface area (Å²) in [7, 11) is 0. The lowest BCUT2D eigenvalue weighted by atomic mass is 9.64. The fourth-order valence-corrected chi connectivity index (χ4v) is 4.78. The van der Waals surface area contributed by atoms with Crippen LogP contribution in [-0.4, -0.2) is 23.1 Å². The van der Waals surface area contributed by atoms with Gasteiger partial charge < -0.3 is 9.64 Å². The number of aromatic nitrogens is 2. The first-order valence-electron chi connectivity index (χ1n) is 11.3. The Morgan fingerprint density at radius 3 is 2.19 bits per heavy atom. The van der Waals surface area contributed by atoms with Crippen LogP contribution in [0.15, 0.2) is 60.8 Å². The minimum Gasteiger partial charge on any atom is -0.487 e. The number of benzene rings is 2. The van der Waals surface area contributed by atoms with Gasteiger partial charge in [-0.3, -0.25) is 0 Å². The van der Waals surface area contributed by atoms with E-state index in [0.717, 1.165) is 30.5 Å². The molecule has 0 N–H and O–H groups in total. The van der Waals surface area contributed by atoms with E-state index in [4.69, 9.17) is 9.72 Å². The lowest BCUT2D eigenvalue weighted by molar-refractivity contribution is 0.0887. The standard InChI is InChI=1S/C27H31N3O/c1-20-5-7-21(8-6-20)26(2,3)22-9-11-24(12-10-22)31-17-23-13-16-28-25(29-23)30-18-27(19-30)14-4-15-27/h5-13,16H,4,14-15,17-19H2,1-3H3. The van der Waals surface area contributed by atoms with E-state index in [2.05, 4.69) is 79.2 Å². The summed E-state index contributed by atoms with van der Waals surface area (Å²) in [5, 5.41) is 0. The quantitative estimate of drug-likeness (QED) is 0.521. The van der Waals surface area contributed by atoms with Crippen molar-refractivity contribution in [2.45, 2.75) is 52.1 Å². The van der Waals surface area contributed by atoms with Crippen LogP contribution in [0.4, 0.5) is 5.95 Å². The molecule has 2 fully saturated rings. The van der Waals surface area contributed by atoms with Crippen molar-refractivity contribution in [1.82, 2.24) is 9.97 Å². The van der Waals surface area contributed by atoms with Crippen LogP contribution in [0.3, 0.4) is 0 Å². The third kappa shape index (κ3) is 3.91. The first kappa shape index (κ1) is 20.0. The van der Waals surface area contributed by atoms with Crippen LogP contribution in [0.2, 0.25) is 0 Å². The maximum atomic E-state index is 6.03. The molecule has 1 saturated heterocycles. The average Bonchev–Trinajstić information content (AvgIpc) is 2.71. The van der Waals surface area contributed by atoms with Gasteiger partial charge in [-0.1, -0.05) is 62.2 Å². The van der Waals surface area contributed by atoms with E-state index >= 15 is 0 Å².